The number of esters is 1. The number of rotatable bonds is 13. The lowest BCUT2D eigenvalue weighted by atomic mass is 10.0. The number of carbonyl (C=O) groups is 1. The molecule has 0 amide bonds. The molecule has 0 saturated heterocycles. The Morgan fingerprint density at radius 1 is 0.818 bits per heavy atom. The molecule has 5 heteroatoms. The minimum atomic E-state index is -1.93. The Morgan fingerprint density at radius 2 is 1.42 bits per heavy atom. The average molecular weight is 485 g/mol. The van der Waals surface area contributed by atoms with Crippen LogP contribution in [0.3, 0.4) is 0 Å². The molecule has 0 saturated carbocycles. The van der Waals surface area contributed by atoms with Crippen LogP contribution in [0.15, 0.2) is 48.5 Å². The van der Waals surface area contributed by atoms with Crippen LogP contribution in [0.4, 0.5) is 0 Å². The van der Waals surface area contributed by atoms with E-state index in [2.05, 4.69) is 58.7 Å². The molecule has 0 N–H and O–H groups in total. The Kier molecular flexibility index (Phi) is 10.6. The largest absolute Gasteiger partial charge is 0.455 e. The van der Waals surface area contributed by atoms with Crippen molar-refractivity contribution in [2.75, 3.05) is 0 Å². The first-order valence-electron chi connectivity index (χ1n) is 12.7. The highest BCUT2D eigenvalue weighted by atomic mass is 28.4. The molecule has 0 spiro atoms. The number of aryl methyl sites for hydroxylation is 1. The summed E-state index contributed by atoms with van der Waals surface area (Å²) in [4.78, 5) is 12.7. The van der Waals surface area contributed by atoms with Crippen molar-refractivity contribution in [1.29, 1.82) is 0 Å². The van der Waals surface area contributed by atoms with Crippen molar-refractivity contribution < 1.29 is 13.6 Å². The van der Waals surface area contributed by atoms with Gasteiger partial charge in [0.05, 0.1) is 5.56 Å². The first-order valence-corrected chi connectivity index (χ1v) is 19.1. The molecular weight excluding hydrogens is 440 g/mol. The van der Waals surface area contributed by atoms with Crippen molar-refractivity contribution in [3.05, 3.63) is 65.2 Å². The maximum atomic E-state index is 12.7. The zero-order valence-electron chi connectivity index (χ0n) is 21.9. The van der Waals surface area contributed by atoms with E-state index < -0.39 is 16.6 Å². The van der Waals surface area contributed by atoms with E-state index in [1.165, 1.54) is 43.2 Å². The van der Waals surface area contributed by atoms with Gasteiger partial charge in [-0.1, -0.05) is 63.8 Å². The van der Waals surface area contributed by atoms with Crippen molar-refractivity contribution in [2.24, 2.45) is 0 Å². The molecule has 0 bridgehead atoms. The molecule has 2 aromatic carbocycles. The van der Waals surface area contributed by atoms with Crippen LogP contribution in [0.25, 0.3) is 0 Å². The van der Waals surface area contributed by atoms with Crippen molar-refractivity contribution >= 4 is 22.6 Å². The van der Waals surface area contributed by atoms with Gasteiger partial charge < -0.3 is 8.85 Å². The van der Waals surface area contributed by atoms with Gasteiger partial charge in [0.2, 0.25) is 0 Å². The van der Waals surface area contributed by atoms with E-state index in [1.54, 1.807) is 0 Å². The highest BCUT2D eigenvalue weighted by Crippen LogP contribution is 2.35. The molecule has 3 nitrogen and oxygen atoms in total. The summed E-state index contributed by atoms with van der Waals surface area (Å²) in [5.74, 6) is 0.291. The fourth-order valence-electron chi connectivity index (χ4n) is 4.50. The molecule has 0 heterocycles. The van der Waals surface area contributed by atoms with Crippen molar-refractivity contribution in [3.8, 4) is 5.75 Å². The van der Waals surface area contributed by atoms with E-state index in [0.29, 0.717) is 16.9 Å². The molecular formula is C28H44O3Si2. The van der Waals surface area contributed by atoms with E-state index in [0.717, 1.165) is 12.8 Å². The lowest BCUT2D eigenvalue weighted by Crippen LogP contribution is -2.47. The van der Waals surface area contributed by atoms with E-state index in [9.17, 15) is 4.79 Å². The maximum absolute atomic E-state index is 12.7. The third-order valence-corrected chi connectivity index (χ3v) is 12.9. The summed E-state index contributed by atoms with van der Waals surface area (Å²) in [5.41, 5.74) is 3.59. The minimum Gasteiger partial charge on any atom is -0.455 e. The van der Waals surface area contributed by atoms with E-state index in [-0.39, 0.29) is 5.97 Å². The standard InChI is InChI=1S/C28H44O3Si2/c1-8-10-12-14-27(33(6,7)31-32(3,4)5)24-17-19-25(20-18-24)28(29)30-26-21-15-23(16-22-26)13-11-9-2/h15-22,27H,8-14H2,1-7H3. The molecule has 0 aliphatic carbocycles. The fraction of sp³-hybridized carbons (Fsp3) is 0.536. The molecule has 0 aromatic heterocycles. The van der Waals surface area contributed by atoms with Gasteiger partial charge in [0.25, 0.3) is 0 Å². The number of hydrogen-bond donors (Lipinski definition) is 0. The Bertz CT molecular complexity index is 852. The van der Waals surface area contributed by atoms with E-state index >= 15 is 0 Å². The average Bonchev–Trinajstić information content (AvgIpc) is 2.74. The first kappa shape index (κ1) is 27.5. The second-order valence-corrected chi connectivity index (χ2v) is 19.6. The lowest BCUT2D eigenvalue weighted by Gasteiger charge is -2.38. The van der Waals surface area contributed by atoms with Crippen LogP contribution in [-0.2, 0) is 10.5 Å². The van der Waals surface area contributed by atoms with Crippen molar-refractivity contribution in [1.82, 2.24) is 0 Å². The maximum Gasteiger partial charge on any atom is 0.343 e. The molecule has 0 radical (unpaired) electrons. The van der Waals surface area contributed by atoms with E-state index in [1.807, 2.05) is 36.4 Å². The summed E-state index contributed by atoms with van der Waals surface area (Å²) in [6.07, 6.45) is 8.23. The Hall–Kier alpha value is -1.70. The summed E-state index contributed by atoms with van der Waals surface area (Å²) in [5, 5.41) is 0. The third-order valence-electron chi connectivity index (χ3n) is 6.01. The Labute approximate surface area is 204 Å². The number of unbranched alkanes of at least 4 members (excludes halogenated alkanes) is 3. The Morgan fingerprint density at radius 3 is 1.97 bits per heavy atom. The molecule has 0 fully saturated rings. The van der Waals surface area contributed by atoms with Crippen LogP contribution in [0.5, 0.6) is 5.75 Å². The normalized spacial score (nSPS) is 13.1. The quantitative estimate of drug-likeness (QED) is 0.124. The number of ether oxygens (including phenoxy) is 1. The zero-order chi connectivity index (χ0) is 24.5. The van der Waals surface area contributed by atoms with Gasteiger partial charge >= 0.3 is 5.97 Å². The molecule has 1 unspecified atom stereocenters. The van der Waals surface area contributed by atoms with Gasteiger partial charge in [-0.3, -0.25) is 0 Å². The van der Waals surface area contributed by atoms with Gasteiger partial charge in [-0.05, 0) is 87.4 Å². The van der Waals surface area contributed by atoms with Crippen LogP contribution in [0, 0.1) is 0 Å². The van der Waals surface area contributed by atoms with Crippen LogP contribution >= 0.6 is 0 Å². The third kappa shape index (κ3) is 9.22. The van der Waals surface area contributed by atoms with Gasteiger partial charge in [-0.15, -0.1) is 0 Å². The fourth-order valence-corrected chi connectivity index (χ4v) is 13.3. The highest BCUT2D eigenvalue weighted by molar-refractivity contribution is 6.84. The number of hydrogen-bond acceptors (Lipinski definition) is 3. The molecule has 2 aromatic rings. The summed E-state index contributed by atoms with van der Waals surface area (Å²) >= 11 is 0. The van der Waals surface area contributed by atoms with Crippen molar-refractivity contribution in [3.63, 3.8) is 0 Å². The minimum absolute atomic E-state index is 0.305. The molecule has 1 atom stereocenters. The van der Waals surface area contributed by atoms with Gasteiger partial charge in [0, 0.05) is 5.54 Å². The molecule has 182 valence electrons. The molecule has 2 rings (SSSR count). The molecule has 0 aliphatic heterocycles. The topological polar surface area (TPSA) is 35.5 Å². The SMILES string of the molecule is CCCCCC(c1ccc(C(=O)Oc2ccc(CCCC)cc2)cc1)[Si](C)(C)O[Si](C)(C)C. The highest BCUT2D eigenvalue weighted by Gasteiger charge is 2.38. The number of carbonyl (C=O) groups excluding carboxylic acids is 1. The summed E-state index contributed by atoms with van der Waals surface area (Å²) in [6.45, 7) is 16.0. The van der Waals surface area contributed by atoms with Gasteiger partial charge in [-0.2, -0.15) is 0 Å². The second-order valence-electron chi connectivity index (χ2n) is 10.6. The number of benzene rings is 2. The van der Waals surface area contributed by atoms with Crippen molar-refractivity contribution in [2.45, 2.75) is 97.1 Å². The summed E-state index contributed by atoms with van der Waals surface area (Å²) in [7, 11) is -3.57. The van der Waals surface area contributed by atoms with Crippen LogP contribution in [0.1, 0.15) is 79.4 Å². The van der Waals surface area contributed by atoms with Gasteiger partial charge in [0.15, 0.2) is 16.6 Å². The monoisotopic (exact) mass is 484 g/mol. The van der Waals surface area contributed by atoms with Crippen LogP contribution < -0.4 is 4.74 Å². The summed E-state index contributed by atoms with van der Waals surface area (Å²) in [6, 6.07) is 15.9. The lowest BCUT2D eigenvalue weighted by molar-refractivity contribution is 0.0734. The molecule has 0 aliphatic rings. The van der Waals surface area contributed by atoms with Crippen LogP contribution in [-0.4, -0.2) is 22.6 Å². The summed E-state index contributed by atoms with van der Waals surface area (Å²) < 4.78 is 12.4. The first-order chi connectivity index (χ1) is 15.6. The van der Waals surface area contributed by atoms with Gasteiger partial charge in [0.1, 0.15) is 5.75 Å². The predicted molar refractivity (Wildman–Crippen MR) is 145 cm³/mol. The molecule has 33 heavy (non-hydrogen) atoms. The van der Waals surface area contributed by atoms with Gasteiger partial charge in [-0.25, -0.2) is 4.79 Å². The Balaban J connectivity index is 2.12. The smallest absolute Gasteiger partial charge is 0.343 e. The van der Waals surface area contributed by atoms with Crippen LogP contribution in [0.2, 0.25) is 32.7 Å². The predicted octanol–water partition coefficient (Wildman–Crippen LogP) is 8.51. The second kappa shape index (κ2) is 12.7. The van der Waals surface area contributed by atoms with E-state index in [4.69, 9.17) is 8.85 Å². The zero-order valence-corrected chi connectivity index (χ0v) is 23.9.